The second-order valence-electron chi connectivity index (χ2n) is 8.01. The van der Waals surface area contributed by atoms with E-state index in [4.69, 9.17) is 0 Å². The largest absolute Gasteiger partial charge is 0.328 e. The molecule has 1 aromatic carbocycles. The number of imidazole rings is 1. The summed E-state index contributed by atoms with van der Waals surface area (Å²) >= 11 is 0. The average Bonchev–Trinajstić information content (AvgIpc) is 3.46. The van der Waals surface area contributed by atoms with E-state index in [-0.39, 0.29) is 5.69 Å². The van der Waals surface area contributed by atoms with Crippen molar-refractivity contribution < 1.29 is 0 Å². The van der Waals surface area contributed by atoms with Crippen LogP contribution in [0.2, 0.25) is 0 Å². The lowest BCUT2D eigenvalue weighted by Crippen LogP contribution is -2.25. The fraction of sp³-hybridized carbons (Fsp3) is 0.375. The molecule has 0 saturated heterocycles. The predicted molar refractivity (Wildman–Crippen MR) is 124 cm³/mol. The molecule has 32 heavy (non-hydrogen) atoms. The van der Waals surface area contributed by atoms with E-state index in [9.17, 15) is 4.79 Å². The zero-order valence-electron chi connectivity index (χ0n) is 18.7. The van der Waals surface area contributed by atoms with Gasteiger partial charge in [-0.15, -0.1) is 5.10 Å². The minimum atomic E-state index is 0.0860. The van der Waals surface area contributed by atoms with Gasteiger partial charge in [0.15, 0.2) is 5.82 Å². The molecule has 0 aliphatic rings. The zero-order valence-corrected chi connectivity index (χ0v) is 18.7. The van der Waals surface area contributed by atoms with E-state index in [2.05, 4.69) is 69.9 Å². The van der Waals surface area contributed by atoms with Gasteiger partial charge < -0.3 is 0 Å². The van der Waals surface area contributed by atoms with Crippen LogP contribution >= 0.6 is 0 Å². The summed E-state index contributed by atoms with van der Waals surface area (Å²) in [7, 11) is 0. The number of rotatable bonds is 10. The molecular formula is C24H29N7O. The van der Waals surface area contributed by atoms with Crippen LogP contribution in [0.4, 0.5) is 0 Å². The van der Waals surface area contributed by atoms with E-state index in [1.165, 1.54) is 0 Å². The number of aromatic amines is 1. The summed E-state index contributed by atoms with van der Waals surface area (Å²) < 4.78 is 3.80. The molecule has 3 heterocycles. The topological polar surface area (TPSA) is 94.3 Å². The molecule has 0 aliphatic heterocycles. The first-order valence-corrected chi connectivity index (χ1v) is 11.3. The Morgan fingerprint density at radius 1 is 1.00 bits per heavy atom. The molecule has 0 atom stereocenters. The van der Waals surface area contributed by atoms with Crippen molar-refractivity contribution in [3.63, 3.8) is 0 Å². The van der Waals surface area contributed by atoms with Crippen LogP contribution in [-0.4, -0.2) is 34.7 Å². The minimum Gasteiger partial charge on any atom is -0.299 e. The van der Waals surface area contributed by atoms with Crippen LogP contribution in [0.1, 0.15) is 50.8 Å². The molecule has 166 valence electrons. The molecule has 0 fully saturated rings. The molecule has 0 radical (unpaired) electrons. The number of nitrogens with one attached hydrogen (secondary N) is 1. The van der Waals surface area contributed by atoms with Gasteiger partial charge >= 0.3 is 5.69 Å². The molecule has 0 bridgehead atoms. The number of hydrogen-bond acceptors (Lipinski definition) is 5. The molecule has 8 heteroatoms. The van der Waals surface area contributed by atoms with E-state index < -0.39 is 0 Å². The zero-order chi connectivity index (χ0) is 22.3. The van der Waals surface area contributed by atoms with Gasteiger partial charge in [0.2, 0.25) is 0 Å². The Kier molecular flexibility index (Phi) is 6.89. The Labute approximate surface area is 187 Å². The number of unbranched alkanes of at least 4 members (excludes halogenated alkanes) is 2. The number of benzene rings is 1. The Morgan fingerprint density at radius 2 is 1.81 bits per heavy atom. The van der Waals surface area contributed by atoms with Gasteiger partial charge in [0.05, 0.1) is 6.54 Å². The highest BCUT2D eigenvalue weighted by Gasteiger charge is 2.13. The lowest BCUT2D eigenvalue weighted by molar-refractivity contribution is 0.591. The van der Waals surface area contributed by atoms with Crippen molar-refractivity contribution in [1.82, 2.24) is 34.7 Å². The molecule has 0 spiro atoms. The first-order valence-electron chi connectivity index (χ1n) is 11.3. The molecule has 4 aromatic rings. The Hall–Kier alpha value is -3.55. The first kappa shape index (κ1) is 21.7. The van der Waals surface area contributed by atoms with Gasteiger partial charge in [-0.1, -0.05) is 51.0 Å². The van der Waals surface area contributed by atoms with Crippen molar-refractivity contribution in [2.24, 2.45) is 0 Å². The lowest BCUT2D eigenvalue weighted by Gasteiger charge is -2.10. The monoisotopic (exact) mass is 431 g/mol. The number of H-pyrrole nitrogens is 1. The van der Waals surface area contributed by atoms with Crippen molar-refractivity contribution in [3.05, 3.63) is 70.7 Å². The summed E-state index contributed by atoms with van der Waals surface area (Å²) in [6, 6.07) is 10.3. The minimum absolute atomic E-state index is 0.0860. The Balaban J connectivity index is 1.60. The van der Waals surface area contributed by atoms with Crippen LogP contribution in [0.15, 0.2) is 53.7 Å². The van der Waals surface area contributed by atoms with Gasteiger partial charge in [0.1, 0.15) is 0 Å². The molecule has 0 saturated carbocycles. The van der Waals surface area contributed by atoms with E-state index in [0.29, 0.717) is 12.4 Å². The van der Waals surface area contributed by atoms with Gasteiger partial charge in [0.25, 0.3) is 0 Å². The highest BCUT2D eigenvalue weighted by Crippen LogP contribution is 2.29. The van der Waals surface area contributed by atoms with E-state index >= 15 is 0 Å². The molecule has 4 rings (SSSR count). The molecule has 0 unspecified atom stereocenters. The van der Waals surface area contributed by atoms with Gasteiger partial charge in [0, 0.05) is 36.4 Å². The summed E-state index contributed by atoms with van der Waals surface area (Å²) in [6.45, 7) is 5.68. The average molecular weight is 432 g/mol. The summed E-state index contributed by atoms with van der Waals surface area (Å²) in [5, 5.41) is 14.2. The standard InChI is InChI=1S/C24H29N7O/c1-3-5-7-20-17-30(14-6-4-2)24(32)31(20)16-18-8-10-19(11-9-18)21-12-13-25-15-22(21)23-26-28-29-27-23/h8-13,15,17H,3-7,14,16H2,1-2H3,(H,26,27,28,29). The van der Waals surface area contributed by atoms with Crippen molar-refractivity contribution >= 4 is 0 Å². The maximum atomic E-state index is 13.0. The van der Waals surface area contributed by atoms with Crippen LogP contribution in [0.5, 0.6) is 0 Å². The fourth-order valence-corrected chi connectivity index (χ4v) is 3.88. The van der Waals surface area contributed by atoms with Gasteiger partial charge in [-0.05, 0) is 52.4 Å². The molecule has 0 aliphatic carbocycles. The molecule has 3 aromatic heterocycles. The summed E-state index contributed by atoms with van der Waals surface area (Å²) in [4.78, 5) is 17.2. The first-order chi connectivity index (χ1) is 15.7. The predicted octanol–water partition coefficient (Wildman–Crippen LogP) is 4.08. The second-order valence-corrected chi connectivity index (χ2v) is 8.01. The Bertz CT molecular complexity index is 1190. The second kappa shape index (κ2) is 10.2. The third-order valence-electron chi connectivity index (χ3n) is 5.69. The summed E-state index contributed by atoms with van der Waals surface area (Å²) in [6.07, 6.45) is 10.8. The molecular weight excluding hydrogens is 402 g/mol. The maximum Gasteiger partial charge on any atom is 0.328 e. The van der Waals surface area contributed by atoms with Gasteiger partial charge in [-0.3, -0.25) is 14.1 Å². The summed E-state index contributed by atoms with van der Waals surface area (Å²) in [5.41, 5.74) is 5.18. The van der Waals surface area contributed by atoms with Crippen molar-refractivity contribution in [2.45, 2.75) is 59.0 Å². The van der Waals surface area contributed by atoms with Crippen molar-refractivity contribution in [1.29, 1.82) is 0 Å². The lowest BCUT2D eigenvalue weighted by atomic mass is 10.00. The van der Waals surface area contributed by atoms with Crippen molar-refractivity contribution in [3.8, 4) is 22.5 Å². The van der Waals surface area contributed by atoms with Crippen LogP contribution in [0, 0.1) is 0 Å². The quantitative estimate of drug-likeness (QED) is 0.408. The Morgan fingerprint density at radius 3 is 2.53 bits per heavy atom. The number of nitrogens with zero attached hydrogens (tertiary/aromatic N) is 6. The van der Waals surface area contributed by atoms with E-state index in [1.807, 2.05) is 15.2 Å². The van der Waals surface area contributed by atoms with Gasteiger partial charge in [-0.25, -0.2) is 9.89 Å². The van der Waals surface area contributed by atoms with Crippen molar-refractivity contribution in [2.75, 3.05) is 0 Å². The maximum absolute atomic E-state index is 13.0. The molecule has 8 nitrogen and oxygen atoms in total. The SMILES string of the molecule is CCCCc1cn(CCCC)c(=O)n1Cc1ccc(-c2ccncc2-c2nnn[nH]2)cc1. The molecule has 0 amide bonds. The molecule has 1 N–H and O–H groups in total. The van der Waals surface area contributed by atoms with Crippen LogP contribution < -0.4 is 5.69 Å². The number of tetrazole rings is 1. The van der Waals surface area contributed by atoms with Crippen LogP contribution in [0.3, 0.4) is 0 Å². The third kappa shape index (κ3) is 4.69. The fourth-order valence-electron chi connectivity index (χ4n) is 3.88. The number of pyridine rings is 1. The van der Waals surface area contributed by atoms with E-state index in [0.717, 1.165) is 66.6 Å². The normalized spacial score (nSPS) is 11.2. The highest BCUT2D eigenvalue weighted by molar-refractivity contribution is 5.79. The smallest absolute Gasteiger partial charge is 0.299 e. The third-order valence-corrected chi connectivity index (χ3v) is 5.69. The number of hydrogen-bond donors (Lipinski definition) is 1. The van der Waals surface area contributed by atoms with Crippen LogP contribution in [0.25, 0.3) is 22.5 Å². The van der Waals surface area contributed by atoms with E-state index in [1.54, 1.807) is 12.4 Å². The van der Waals surface area contributed by atoms with Crippen LogP contribution in [-0.2, 0) is 19.5 Å². The number of aryl methyl sites for hydroxylation is 2. The number of aromatic nitrogens is 7. The van der Waals surface area contributed by atoms with Gasteiger partial charge in [-0.2, -0.15) is 0 Å². The highest BCUT2D eigenvalue weighted by atomic mass is 16.1. The summed E-state index contributed by atoms with van der Waals surface area (Å²) in [5.74, 6) is 0.581.